The van der Waals surface area contributed by atoms with E-state index in [1.54, 1.807) is 19.1 Å². The number of nitrogens with one attached hydrogen (secondary N) is 1. The number of amides is 1. The third kappa shape index (κ3) is 5.55. The van der Waals surface area contributed by atoms with E-state index in [4.69, 9.17) is 9.47 Å². The Morgan fingerprint density at radius 1 is 1.29 bits per heavy atom. The molecule has 118 valence electrons. The Balaban J connectivity index is 2.58. The molecule has 7 heteroatoms. The average Bonchev–Trinajstić information content (AvgIpc) is 2.47. The normalized spacial score (nSPS) is 12.1. The molecular weight excluding hydrogens is 284 g/mol. The summed E-state index contributed by atoms with van der Waals surface area (Å²) in [7, 11) is 2.83. The smallest absolute Gasteiger partial charge is 0.387 e. The molecule has 1 amide bonds. The number of carbonyl (C=O) groups is 1. The quantitative estimate of drug-likeness (QED) is 0.798. The molecule has 0 spiro atoms. The Hall–Kier alpha value is -1.89. The molecule has 5 nitrogen and oxygen atoms in total. The fourth-order valence-corrected chi connectivity index (χ4v) is 1.64. The fraction of sp³-hybridized carbons (Fsp3) is 0.500. The summed E-state index contributed by atoms with van der Waals surface area (Å²) in [6.45, 7) is -0.848. The van der Waals surface area contributed by atoms with Crippen LogP contribution < -0.4 is 14.8 Å². The number of hydrogen-bond donors (Lipinski definition) is 1. The number of halogens is 2. The van der Waals surface area contributed by atoms with Crippen molar-refractivity contribution in [2.45, 2.75) is 26.1 Å². The maximum atomic E-state index is 12.2. The second-order valence-corrected chi connectivity index (χ2v) is 4.28. The first-order valence-corrected chi connectivity index (χ1v) is 6.40. The Labute approximate surface area is 122 Å². The number of hydrogen-bond acceptors (Lipinski definition) is 4. The van der Waals surface area contributed by atoms with E-state index >= 15 is 0 Å². The molecule has 0 saturated carbocycles. The molecule has 0 aromatic heterocycles. The van der Waals surface area contributed by atoms with Crippen LogP contribution in [-0.4, -0.2) is 39.4 Å². The summed E-state index contributed by atoms with van der Waals surface area (Å²) in [6.07, 6.45) is 0.0226. The highest BCUT2D eigenvalue weighted by Gasteiger charge is 2.12. The van der Waals surface area contributed by atoms with Crippen LogP contribution in [-0.2, 0) is 16.0 Å². The summed E-state index contributed by atoms with van der Waals surface area (Å²) in [5.74, 6) is -0.000189. The van der Waals surface area contributed by atoms with E-state index in [0.717, 1.165) is 5.56 Å². The van der Waals surface area contributed by atoms with E-state index in [2.05, 4.69) is 10.1 Å². The molecule has 0 saturated heterocycles. The lowest BCUT2D eigenvalue weighted by Gasteiger charge is -2.12. The Morgan fingerprint density at radius 2 is 2.00 bits per heavy atom. The van der Waals surface area contributed by atoms with Crippen molar-refractivity contribution in [3.05, 3.63) is 23.8 Å². The van der Waals surface area contributed by atoms with Crippen LogP contribution in [0.15, 0.2) is 18.2 Å². The molecule has 0 radical (unpaired) electrons. The average molecular weight is 303 g/mol. The van der Waals surface area contributed by atoms with Gasteiger partial charge in [0.15, 0.2) is 11.5 Å². The van der Waals surface area contributed by atoms with Crippen molar-refractivity contribution >= 4 is 5.91 Å². The number of carbonyl (C=O) groups excluding carboxylic acids is 1. The van der Waals surface area contributed by atoms with Crippen LogP contribution in [0.1, 0.15) is 12.5 Å². The molecule has 1 aromatic carbocycles. The first-order valence-electron chi connectivity index (χ1n) is 6.40. The molecule has 21 heavy (non-hydrogen) atoms. The van der Waals surface area contributed by atoms with Crippen LogP contribution in [0.3, 0.4) is 0 Å². The molecule has 0 fully saturated rings. The van der Waals surface area contributed by atoms with Crippen LogP contribution in [0, 0.1) is 0 Å². The molecule has 0 bridgehead atoms. The van der Waals surface area contributed by atoms with Crippen molar-refractivity contribution in [2.75, 3.05) is 20.8 Å². The van der Waals surface area contributed by atoms with Gasteiger partial charge in [-0.15, -0.1) is 0 Å². The molecular formula is C14H19F2NO4. The summed E-state index contributed by atoms with van der Waals surface area (Å²) in [5.41, 5.74) is 0.832. The fourth-order valence-electron chi connectivity index (χ4n) is 1.64. The highest BCUT2D eigenvalue weighted by Crippen LogP contribution is 2.29. The van der Waals surface area contributed by atoms with Gasteiger partial charge in [0, 0.05) is 13.7 Å². The molecule has 1 atom stereocenters. The Kier molecular flexibility index (Phi) is 6.87. The van der Waals surface area contributed by atoms with E-state index in [1.807, 2.05) is 0 Å². The number of alkyl halides is 2. The number of methoxy groups -OCH3 is 2. The highest BCUT2D eigenvalue weighted by atomic mass is 19.3. The van der Waals surface area contributed by atoms with Gasteiger partial charge in [0.05, 0.1) is 7.11 Å². The predicted molar refractivity (Wildman–Crippen MR) is 72.8 cm³/mol. The van der Waals surface area contributed by atoms with Gasteiger partial charge in [-0.05, 0) is 31.0 Å². The minimum Gasteiger partial charge on any atom is -0.493 e. The summed E-state index contributed by atoms with van der Waals surface area (Å²) >= 11 is 0. The molecule has 0 aliphatic heterocycles. The van der Waals surface area contributed by atoms with Gasteiger partial charge in [0.2, 0.25) is 5.91 Å². The van der Waals surface area contributed by atoms with Crippen molar-refractivity contribution in [1.29, 1.82) is 0 Å². The third-order valence-corrected chi connectivity index (χ3v) is 2.88. The van der Waals surface area contributed by atoms with Crippen molar-refractivity contribution in [2.24, 2.45) is 0 Å². The highest BCUT2D eigenvalue weighted by molar-refractivity contribution is 5.80. The number of benzene rings is 1. The summed E-state index contributed by atoms with van der Waals surface area (Å²) in [6, 6.07) is 4.66. The van der Waals surface area contributed by atoms with Crippen LogP contribution in [0.5, 0.6) is 11.5 Å². The first kappa shape index (κ1) is 17.2. The minimum absolute atomic E-state index is 0.0201. The maximum Gasteiger partial charge on any atom is 0.387 e. The van der Waals surface area contributed by atoms with E-state index in [9.17, 15) is 13.6 Å². The predicted octanol–water partition coefficient (Wildman–Crippen LogP) is 1.99. The summed E-state index contributed by atoms with van der Waals surface area (Å²) < 4.78 is 38.6. The van der Waals surface area contributed by atoms with Gasteiger partial charge in [-0.25, -0.2) is 0 Å². The molecule has 1 aromatic rings. The molecule has 0 heterocycles. The SMILES string of the molecule is COc1cc(CCNC(=O)C(C)OC)ccc1OC(F)F. The second-order valence-electron chi connectivity index (χ2n) is 4.28. The molecule has 1 rings (SSSR count). The van der Waals surface area contributed by atoms with Gasteiger partial charge in [-0.3, -0.25) is 4.79 Å². The Bertz CT molecular complexity index is 468. The van der Waals surface area contributed by atoms with E-state index < -0.39 is 12.7 Å². The first-order chi connectivity index (χ1) is 9.97. The number of ether oxygens (including phenoxy) is 3. The van der Waals surface area contributed by atoms with E-state index in [-0.39, 0.29) is 17.4 Å². The lowest BCUT2D eigenvalue weighted by Crippen LogP contribution is -2.35. The van der Waals surface area contributed by atoms with Gasteiger partial charge in [-0.1, -0.05) is 6.07 Å². The van der Waals surface area contributed by atoms with Gasteiger partial charge in [-0.2, -0.15) is 8.78 Å². The van der Waals surface area contributed by atoms with Gasteiger partial charge in [0.25, 0.3) is 0 Å². The van der Waals surface area contributed by atoms with Crippen LogP contribution in [0.4, 0.5) is 8.78 Å². The van der Waals surface area contributed by atoms with Crippen LogP contribution in [0.25, 0.3) is 0 Å². The lowest BCUT2D eigenvalue weighted by molar-refractivity contribution is -0.129. The molecule has 0 aliphatic carbocycles. The van der Waals surface area contributed by atoms with Gasteiger partial charge < -0.3 is 19.5 Å². The third-order valence-electron chi connectivity index (χ3n) is 2.88. The van der Waals surface area contributed by atoms with Crippen LogP contribution >= 0.6 is 0 Å². The van der Waals surface area contributed by atoms with Crippen molar-refractivity contribution in [3.63, 3.8) is 0 Å². The Morgan fingerprint density at radius 3 is 2.57 bits per heavy atom. The topological polar surface area (TPSA) is 56.8 Å². The monoisotopic (exact) mass is 303 g/mol. The zero-order chi connectivity index (χ0) is 15.8. The molecule has 1 N–H and O–H groups in total. The van der Waals surface area contributed by atoms with Crippen molar-refractivity contribution in [1.82, 2.24) is 5.32 Å². The van der Waals surface area contributed by atoms with E-state index in [0.29, 0.717) is 13.0 Å². The zero-order valence-corrected chi connectivity index (χ0v) is 12.2. The van der Waals surface area contributed by atoms with Crippen molar-refractivity contribution in [3.8, 4) is 11.5 Å². The van der Waals surface area contributed by atoms with Gasteiger partial charge >= 0.3 is 6.61 Å². The van der Waals surface area contributed by atoms with Crippen molar-refractivity contribution < 1.29 is 27.8 Å². The molecule has 0 aliphatic rings. The standard InChI is InChI=1S/C14H19F2NO4/c1-9(19-2)13(18)17-7-6-10-4-5-11(21-14(15)16)12(8-10)20-3/h4-5,8-9,14H,6-7H2,1-3H3,(H,17,18). The number of rotatable bonds is 8. The molecule has 1 unspecified atom stereocenters. The summed E-state index contributed by atoms with van der Waals surface area (Å²) in [5, 5.41) is 2.71. The minimum atomic E-state index is -2.90. The second kappa shape index (κ2) is 8.41. The van der Waals surface area contributed by atoms with Crippen LogP contribution in [0.2, 0.25) is 0 Å². The zero-order valence-electron chi connectivity index (χ0n) is 12.2. The maximum absolute atomic E-state index is 12.2. The summed E-state index contributed by atoms with van der Waals surface area (Å²) in [4.78, 5) is 11.5. The van der Waals surface area contributed by atoms with Gasteiger partial charge in [0.1, 0.15) is 6.10 Å². The van der Waals surface area contributed by atoms with E-state index in [1.165, 1.54) is 20.3 Å². The lowest BCUT2D eigenvalue weighted by atomic mass is 10.1. The largest absolute Gasteiger partial charge is 0.493 e.